The zero-order valence-corrected chi connectivity index (χ0v) is 20.5. The number of methoxy groups -OCH3 is 1. The van der Waals surface area contributed by atoms with Crippen LogP contribution in [-0.4, -0.2) is 65.8 Å². The van der Waals surface area contributed by atoms with E-state index in [1.54, 1.807) is 41.3 Å². The number of imide groups is 1. The molecule has 4 rings (SSSR count). The Balaban J connectivity index is 1.58. The SMILES string of the molecule is CCCN(C)C(=NO)c1ccc(C#C[C@]2(CN3Cc4ccc(OC)cc4C3=O)CC(=O)NC2=O)cc1. The van der Waals surface area contributed by atoms with Crippen LogP contribution >= 0.6 is 0 Å². The first kappa shape index (κ1) is 24.8. The van der Waals surface area contributed by atoms with Gasteiger partial charge in [-0.25, -0.2) is 0 Å². The van der Waals surface area contributed by atoms with Crippen molar-refractivity contribution in [2.24, 2.45) is 10.6 Å². The van der Waals surface area contributed by atoms with Crippen LogP contribution in [0.4, 0.5) is 0 Å². The Bertz CT molecular complexity index is 1290. The number of hydrogen-bond acceptors (Lipinski definition) is 6. The maximum Gasteiger partial charge on any atom is 0.254 e. The maximum atomic E-state index is 13.1. The Morgan fingerprint density at radius 2 is 1.97 bits per heavy atom. The number of nitrogens with zero attached hydrogens (tertiary/aromatic N) is 3. The molecule has 186 valence electrons. The second-order valence-electron chi connectivity index (χ2n) is 8.99. The van der Waals surface area contributed by atoms with E-state index in [9.17, 15) is 19.6 Å². The lowest BCUT2D eigenvalue weighted by atomic mass is 9.85. The minimum Gasteiger partial charge on any atom is -0.497 e. The minimum absolute atomic E-state index is 0.00534. The molecule has 0 bridgehead atoms. The second kappa shape index (κ2) is 10.1. The van der Waals surface area contributed by atoms with Crippen LogP contribution in [0.25, 0.3) is 0 Å². The van der Waals surface area contributed by atoms with E-state index in [2.05, 4.69) is 22.3 Å². The lowest BCUT2D eigenvalue weighted by Gasteiger charge is -2.25. The summed E-state index contributed by atoms with van der Waals surface area (Å²) < 4.78 is 5.22. The molecular formula is C27H28N4O5. The van der Waals surface area contributed by atoms with Crippen LogP contribution in [0.2, 0.25) is 0 Å². The summed E-state index contributed by atoms with van der Waals surface area (Å²) in [6, 6.07) is 12.4. The largest absolute Gasteiger partial charge is 0.497 e. The lowest BCUT2D eigenvalue weighted by Crippen LogP contribution is -2.42. The summed E-state index contributed by atoms with van der Waals surface area (Å²) >= 11 is 0. The van der Waals surface area contributed by atoms with E-state index in [1.807, 2.05) is 24.9 Å². The predicted molar refractivity (Wildman–Crippen MR) is 132 cm³/mol. The number of hydrogen-bond donors (Lipinski definition) is 2. The van der Waals surface area contributed by atoms with Crippen LogP contribution in [0.15, 0.2) is 47.6 Å². The Kier molecular flexibility index (Phi) is 6.97. The number of benzene rings is 2. The summed E-state index contributed by atoms with van der Waals surface area (Å²) in [4.78, 5) is 41.5. The number of oxime groups is 1. The number of rotatable bonds is 6. The van der Waals surface area contributed by atoms with Gasteiger partial charge in [-0.3, -0.25) is 19.7 Å². The maximum absolute atomic E-state index is 13.1. The van der Waals surface area contributed by atoms with E-state index in [1.165, 1.54) is 7.11 Å². The van der Waals surface area contributed by atoms with Crippen molar-refractivity contribution in [2.75, 3.05) is 27.2 Å². The van der Waals surface area contributed by atoms with E-state index < -0.39 is 17.2 Å². The Hall–Kier alpha value is -4.32. The third kappa shape index (κ3) is 4.75. The fraction of sp³-hybridized carbons (Fsp3) is 0.333. The third-order valence-electron chi connectivity index (χ3n) is 6.41. The van der Waals surface area contributed by atoms with Gasteiger partial charge in [-0.2, -0.15) is 0 Å². The molecule has 2 aliphatic heterocycles. The van der Waals surface area contributed by atoms with Crippen molar-refractivity contribution in [1.29, 1.82) is 0 Å². The summed E-state index contributed by atoms with van der Waals surface area (Å²) in [5.74, 6) is 5.88. The summed E-state index contributed by atoms with van der Waals surface area (Å²) in [6.07, 6.45) is 0.781. The zero-order chi connectivity index (χ0) is 25.9. The van der Waals surface area contributed by atoms with Gasteiger partial charge in [0.15, 0.2) is 5.84 Å². The number of carbonyl (C=O) groups excluding carboxylic acids is 3. The Morgan fingerprint density at radius 1 is 1.22 bits per heavy atom. The highest BCUT2D eigenvalue weighted by molar-refractivity contribution is 6.08. The molecule has 0 saturated carbocycles. The van der Waals surface area contributed by atoms with E-state index in [0.29, 0.717) is 29.3 Å². The number of amides is 3. The molecule has 2 N–H and O–H groups in total. The molecule has 2 aromatic rings. The van der Waals surface area contributed by atoms with Crippen molar-refractivity contribution in [3.8, 4) is 17.6 Å². The third-order valence-corrected chi connectivity index (χ3v) is 6.41. The second-order valence-corrected chi connectivity index (χ2v) is 8.99. The van der Waals surface area contributed by atoms with Gasteiger partial charge in [0, 0.05) is 43.4 Å². The molecule has 0 radical (unpaired) electrons. The van der Waals surface area contributed by atoms with Gasteiger partial charge in [-0.15, -0.1) is 0 Å². The van der Waals surface area contributed by atoms with Gasteiger partial charge in [0.25, 0.3) is 5.91 Å². The number of nitrogens with one attached hydrogen (secondary N) is 1. The van der Waals surface area contributed by atoms with E-state index in [4.69, 9.17) is 4.74 Å². The molecule has 0 aromatic heterocycles. The smallest absolute Gasteiger partial charge is 0.254 e. The van der Waals surface area contributed by atoms with Gasteiger partial charge in [0.1, 0.15) is 11.2 Å². The van der Waals surface area contributed by atoms with Gasteiger partial charge in [0.2, 0.25) is 11.8 Å². The van der Waals surface area contributed by atoms with Gasteiger partial charge >= 0.3 is 0 Å². The predicted octanol–water partition coefficient (Wildman–Crippen LogP) is 2.21. The highest BCUT2D eigenvalue weighted by Crippen LogP contribution is 2.33. The number of fused-ring (bicyclic) bond motifs is 1. The van der Waals surface area contributed by atoms with Crippen LogP contribution in [-0.2, 0) is 16.1 Å². The number of amidine groups is 1. The molecule has 3 amide bonds. The molecule has 2 aliphatic rings. The van der Waals surface area contributed by atoms with Crippen LogP contribution < -0.4 is 10.1 Å². The monoisotopic (exact) mass is 488 g/mol. The quantitative estimate of drug-likeness (QED) is 0.161. The average Bonchev–Trinajstić information content (AvgIpc) is 3.33. The van der Waals surface area contributed by atoms with E-state index in [0.717, 1.165) is 24.1 Å². The molecule has 9 nitrogen and oxygen atoms in total. The van der Waals surface area contributed by atoms with Crippen LogP contribution in [0.5, 0.6) is 5.75 Å². The molecule has 1 atom stereocenters. The van der Waals surface area contributed by atoms with Crippen molar-refractivity contribution in [2.45, 2.75) is 26.3 Å². The molecule has 9 heteroatoms. The van der Waals surface area contributed by atoms with Crippen LogP contribution in [0.3, 0.4) is 0 Å². The van der Waals surface area contributed by atoms with Crippen molar-refractivity contribution >= 4 is 23.6 Å². The van der Waals surface area contributed by atoms with E-state index >= 15 is 0 Å². The topological polar surface area (TPSA) is 112 Å². The van der Waals surface area contributed by atoms with Crippen molar-refractivity contribution < 1.29 is 24.3 Å². The Labute approximate surface area is 209 Å². The first-order valence-electron chi connectivity index (χ1n) is 11.7. The Morgan fingerprint density at radius 3 is 2.58 bits per heavy atom. The summed E-state index contributed by atoms with van der Waals surface area (Å²) in [7, 11) is 3.38. The fourth-order valence-corrected chi connectivity index (χ4v) is 4.52. The van der Waals surface area contributed by atoms with Gasteiger partial charge in [0.05, 0.1) is 13.5 Å². The highest BCUT2D eigenvalue weighted by atomic mass is 16.5. The molecule has 0 spiro atoms. The zero-order valence-electron chi connectivity index (χ0n) is 20.5. The van der Waals surface area contributed by atoms with Gasteiger partial charge < -0.3 is 19.7 Å². The molecule has 1 saturated heterocycles. The summed E-state index contributed by atoms with van der Waals surface area (Å²) in [5.41, 5.74) is 1.35. The molecule has 1 fully saturated rings. The van der Waals surface area contributed by atoms with Crippen molar-refractivity contribution in [3.63, 3.8) is 0 Å². The standard InChI is InChI=1S/C27H28N4O5/c1-4-13-30(2)24(29-35)19-7-5-18(6-8-19)11-12-27(15-23(32)28-26(27)34)17-31-16-20-9-10-21(36-3)14-22(20)25(31)33/h5-10,14,35H,4,13,15-17H2,1-3H3,(H,28,32,34)/t27-/m1/s1. The lowest BCUT2D eigenvalue weighted by molar-refractivity contribution is -0.127. The first-order chi connectivity index (χ1) is 17.3. The normalized spacial score (nSPS) is 19.0. The molecule has 0 unspecified atom stereocenters. The fourth-order valence-electron chi connectivity index (χ4n) is 4.52. The summed E-state index contributed by atoms with van der Waals surface area (Å²) in [5, 5.41) is 15.2. The van der Waals surface area contributed by atoms with Gasteiger partial charge in [-0.05, 0) is 48.4 Å². The molecule has 0 aliphatic carbocycles. The number of ether oxygens (including phenoxy) is 1. The molecular weight excluding hydrogens is 460 g/mol. The van der Waals surface area contributed by atoms with Crippen LogP contribution in [0, 0.1) is 17.3 Å². The first-order valence-corrected chi connectivity index (χ1v) is 11.7. The molecule has 2 heterocycles. The molecule has 36 heavy (non-hydrogen) atoms. The van der Waals surface area contributed by atoms with Crippen molar-refractivity contribution in [1.82, 2.24) is 15.1 Å². The van der Waals surface area contributed by atoms with Crippen molar-refractivity contribution in [3.05, 3.63) is 64.7 Å². The molecule has 2 aromatic carbocycles. The highest BCUT2D eigenvalue weighted by Gasteiger charge is 2.48. The number of carbonyl (C=O) groups is 3. The summed E-state index contributed by atoms with van der Waals surface area (Å²) in [6.45, 7) is 3.09. The average molecular weight is 489 g/mol. The van der Waals surface area contributed by atoms with Crippen LogP contribution in [0.1, 0.15) is 46.8 Å². The minimum atomic E-state index is -1.35. The van der Waals surface area contributed by atoms with Gasteiger partial charge in [-0.1, -0.05) is 30.0 Å². The van der Waals surface area contributed by atoms with E-state index in [-0.39, 0.29) is 18.9 Å².